The van der Waals surface area contributed by atoms with Crippen LogP contribution in [0, 0.1) is 5.92 Å². The molecule has 0 aliphatic carbocycles. The van der Waals surface area contributed by atoms with E-state index in [2.05, 4.69) is 31.2 Å². The summed E-state index contributed by atoms with van der Waals surface area (Å²) in [5, 5.41) is 0. The third-order valence-electron chi connectivity index (χ3n) is 2.27. The van der Waals surface area contributed by atoms with E-state index in [0.29, 0.717) is 12.3 Å². The van der Waals surface area contributed by atoms with Gasteiger partial charge in [0.25, 0.3) is 0 Å². The number of benzene rings is 1. The molecule has 0 amide bonds. The van der Waals surface area contributed by atoms with Crippen LogP contribution in [0.15, 0.2) is 30.3 Å². The molecule has 0 aromatic heterocycles. The van der Waals surface area contributed by atoms with Crippen molar-refractivity contribution >= 4 is 13.6 Å². The summed E-state index contributed by atoms with van der Waals surface area (Å²) >= 11 is 0. The second-order valence-electron chi connectivity index (χ2n) is 4.11. The second-order valence-corrected chi connectivity index (χ2v) is 4.11. The highest BCUT2D eigenvalue weighted by Crippen LogP contribution is 2.10. The quantitative estimate of drug-likeness (QED) is 0.546. The van der Waals surface area contributed by atoms with E-state index in [9.17, 15) is 4.79 Å². The fourth-order valence-electron chi connectivity index (χ4n) is 1.34. The van der Waals surface area contributed by atoms with E-state index < -0.39 is 0 Å². The lowest BCUT2D eigenvalue weighted by Crippen LogP contribution is -1.97. The topological polar surface area (TPSA) is 17.1 Å². The van der Waals surface area contributed by atoms with Crippen LogP contribution in [0.3, 0.4) is 0 Å². The van der Waals surface area contributed by atoms with Crippen molar-refractivity contribution in [2.75, 3.05) is 0 Å². The van der Waals surface area contributed by atoms with Crippen LogP contribution >= 0.6 is 0 Å². The zero-order valence-corrected chi connectivity index (χ0v) is 12.6. The molecule has 1 nitrogen and oxygen atoms in total. The molecule has 0 saturated carbocycles. The Morgan fingerprint density at radius 3 is 2.11 bits per heavy atom. The number of aryl methyl sites for hydroxylation is 1. The summed E-state index contributed by atoms with van der Waals surface area (Å²) in [4.78, 5) is 10.2. The lowest BCUT2D eigenvalue weighted by Gasteiger charge is -2.06. The van der Waals surface area contributed by atoms with Gasteiger partial charge in [0.15, 0.2) is 0 Å². The van der Waals surface area contributed by atoms with Crippen LogP contribution in [0.2, 0.25) is 13.6 Å². The lowest BCUT2D eigenvalue weighted by molar-refractivity contribution is -0.108. The summed E-state index contributed by atoms with van der Waals surface area (Å²) in [6.45, 7) is 10.1. The van der Waals surface area contributed by atoms with Crippen LogP contribution in [0.1, 0.15) is 39.2 Å². The Bertz CT molecular complexity index is 259. The molecule has 0 bridgehead atoms. The Labute approximate surface area is 114 Å². The van der Waals surface area contributed by atoms with Crippen molar-refractivity contribution in [3.63, 3.8) is 0 Å². The molecule has 0 aliphatic heterocycles. The van der Waals surface area contributed by atoms with Gasteiger partial charge in [-0.1, -0.05) is 64.7 Å². The molecule has 2 heteroatoms. The molecule has 18 heavy (non-hydrogen) atoms. The molecule has 0 spiro atoms. The number of aldehydes is 1. The summed E-state index contributed by atoms with van der Waals surface area (Å²) in [5.74, 6) is 0.512. The zero-order valence-electron chi connectivity index (χ0n) is 12.6. The molecule has 1 aromatic rings. The first-order valence-corrected chi connectivity index (χ1v) is 6.96. The average Bonchev–Trinajstić information content (AvgIpc) is 2.41. The van der Waals surface area contributed by atoms with E-state index in [1.165, 1.54) is 5.56 Å². The minimum Gasteiger partial charge on any atom is -0.303 e. The number of carbonyl (C=O) groups excluding carboxylic acids is 1. The molecular weight excluding hydrogens is 219 g/mol. The second kappa shape index (κ2) is 16.0. The standard InChI is InChI=1S/C12H16O.C2H6B.C2H6/c1-11(9-10-13)7-8-12-5-3-2-4-6-12;1-3-2;1-2/h2-6,10-11H,7-9H2,1H3;1-2H3;1-2H3/t11-;;/m1../s1. The fraction of sp³-hybridized carbons (Fsp3) is 0.562. The van der Waals surface area contributed by atoms with Crippen LogP contribution in [-0.4, -0.2) is 13.6 Å². The van der Waals surface area contributed by atoms with Crippen molar-refractivity contribution in [2.24, 2.45) is 5.92 Å². The number of hydrogen-bond donors (Lipinski definition) is 0. The molecule has 0 N–H and O–H groups in total. The van der Waals surface area contributed by atoms with Gasteiger partial charge in [-0.05, 0) is 24.3 Å². The first-order valence-electron chi connectivity index (χ1n) is 6.96. The molecule has 0 saturated heterocycles. The molecule has 1 radical (unpaired) electrons. The van der Waals surface area contributed by atoms with Crippen molar-refractivity contribution < 1.29 is 4.79 Å². The van der Waals surface area contributed by atoms with E-state index in [-0.39, 0.29) is 0 Å². The molecular formula is C16H28BO. The van der Waals surface area contributed by atoms with Crippen LogP contribution in [0.4, 0.5) is 0 Å². The summed E-state index contributed by atoms with van der Waals surface area (Å²) in [5.41, 5.74) is 1.36. The van der Waals surface area contributed by atoms with Gasteiger partial charge in [-0.3, -0.25) is 0 Å². The third kappa shape index (κ3) is 13.0. The Balaban J connectivity index is 0. The van der Waals surface area contributed by atoms with Crippen molar-refractivity contribution in [2.45, 2.75) is 53.7 Å². The molecule has 1 aromatic carbocycles. The molecule has 1 atom stereocenters. The van der Waals surface area contributed by atoms with Crippen LogP contribution < -0.4 is 0 Å². The molecule has 0 heterocycles. The number of hydrogen-bond acceptors (Lipinski definition) is 1. The summed E-state index contributed by atoms with van der Waals surface area (Å²) in [7, 11) is 2.00. The van der Waals surface area contributed by atoms with Gasteiger partial charge in [0.05, 0.1) is 0 Å². The lowest BCUT2D eigenvalue weighted by atomic mass is 9.88. The Hall–Kier alpha value is -1.05. The van der Waals surface area contributed by atoms with Gasteiger partial charge >= 0.3 is 0 Å². The van der Waals surface area contributed by atoms with Gasteiger partial charge in [0.1, 0.15) is 13.6 Å². The average molecular weight is 247 g/mol. The first kappa shape index (κ1) is 19.3. The highest BCUT2D eigenvalue weighted by atomic mass is 16.1. The van der Waals surface area contributed by atoms with Crippen molar-refractivity contribution in [1.82, 2.24) is 0 Å². The van der Waals surface area contributed by atoms with E-state index in [4.69, 9.17) is 0 Å². The highest BCUT2D eigenvalue weighted by molar-refractivity contribution is 6.31. The van der Waals surface area contributed by atoms with Gasteiger partial charge in [-0.2, -0.15) is 0 Å². The third-order valence-corrected chi connectivity index (χ3v) is 2.27. The SMILES string of the molecule is CC.C[B]C.C[C@@H](CC=O)CCc1ccccc1. The molecule has 0 fully saturated rings. The molecule has 1 rings (SSSR count). The van der Waals surface area contributed by atoms with Crippen LogP contribution in [-0.2, 0) is 11.2 Å². The van der Waals surface area contributed by atoms with Gasteiger partial charge in [-0.15, -0.1) is 0 Å². The Kier molecular flexibility index (Phi) is 17.1. The van der Waals surface area contributed by atoms with E-state index in [1.807, 2.05) is 40.8 Å². The van der Waals surface area contributed by atoms with Gasteiger partial charge in [-0.25, -0.2) is 0 Å². The summed E-state index contributed by atoms with van der Waals surface area (Å²) < 4.78 is 0. The number of rotatable bonds is 5. The predicted molar refractivity (Wildman–Crippen MR) is 83.4 cm³/mol. The minimum atomic E-state index is 0.512. The zero-order chi connectivity index (χ0) is 14.2. The highest BCUT2D eigenvalue weighted by Gasteiger charge is 2.00. The van der Waals surface area contributed by atoms with E-state index >= 15 is 0 Å². The van der Waals surface area contributed by atoms with Crippen molar-refractivity contribution in [1.29, 1.82) is 0 Å². The summed E-state index contributed by atoms with van der Waals surface area (Å²) in [6.07, 6.45) is 3.88. The van der Waals surface area contributed by atoms with Gasteiger partial charge in [0, 0.05) is 6.42 Å². The fourth-order valence-corrected chi connectivity index (χ4v) is 1.34. The molecule has 101 valence electrons. The van der Waals surface area contributed by atoms with E-state index in [0.717, 1.165) is 19.1 Å². The molecule has 0 aliphatic rings. The normalized spacial score (nSPS) is 10.1. The monoisotopic (exact) mass is 247 g/mol. The largest absolute Gasteiger partial charge is 0.303 e. The maximum Gasteiger partial charge on any atom is 0.120 e. The van der Waals surface area contributed by atoms with Crippen LogP contribution in [0.5, 0.6) is 0 Å². The molecule has 0 unspecified atom stereocenters. The van der Waals surface area contributed by atoms with Gasteiger partial charge in [0.2, 0.25) is 0 Å². The van der Waals surface area contributed by atoms with Crippen molar-refractivity contribution in [3.8, 4) is 0 Å². The Morgan fingerprint density at radius 1 is 1.17 bits per heavy atom. The maximum atomic E-state index is 10.2. The maximum absolute atomic E-state index is 10.2. The van der Waals surface area contributed by atoms with Crippen molar-refractivity contribution in [3.05, 3.63) is 35.9 Å². The Morgan fingerprint density at radius 2 is 1.67 bits per heavy atom. The number of carbonyl (C=O) groups is 1. The predicted octanol–water partition coefficient (Wildman–Crippen LogP) is 4.66. The smallest absolute Gasteiger partial charge is 0.120 e. The minimum absolute atomic E-state index is 0.512. The van der Waals surface area contributed by atoms with Crippen LogP contribution in [0.25, 0.3) is 0 Å². The van der Waals surface area contributed by atoms with E-state index in [1.54, 1.807) is 0 Å². The first-order chi connectivity index (χ1) is 8.74. The van der Waals surface area contributed by atoms with Gasteiger partial charge < -0.3 is 4.79 Å². The summed E-state index contributed by atoms with van der Waals surface area (Å²) in [6, 6.07) is 10.4.